The van der Waals surface area contributed by atoms with E-state index < -0.39 is 0 Å². The molecule has 18 heavy (non-hydrogen) atoms. The van der Waals surface area contributed by atoms with Crippen LogP contribution in [0.1, 0.15) is 45.6 Å². The van der Waals surface area contributed by atoms with Gasteiger partial charge in [0.25, 0.3) is 0 Å². The van der Waals surface area contributed by atoms with Gasteiger partial charge in [-0.15, -0.1) is 0 Å². The Balaban J connectivity index is 2.22. The number of hydrogen-bond acceptors (Lipinski definition) is 2. The minimum absolute atomic E-state index is 0.728. The molecular formula is C16H27NO. The number of unbranched alkanes of at least 4 members (excludes halogenated alkanes) is 1. The van der Waals surface area contributed by atoms with Crippen LogP contribution in [0.3, 0.4) is 0 Å². The Morgan fingerprint density at radius 1 is 1.17 bits per heavy atom. The van der Waals surface area contributed by atoms with E-state index in [4.69, 9.17) is 4.74 Å². The maximum Gasteiger partial charge on any atom is 0.123 e. The largest absolute Gasteiger partial charge is 0.494 e. The average Bonchev–Trinajstić information content (AvgIpc) is 2.35. The van der Waals surface area contributed by atoms with Gasteiger partial charge in [-0.05, 0) is 31.9 Å². The lowest BCUT2D eigenvalue weighted by molar-refractivity contribution is 0.335. The molecule has 0 aliphatic rings. The topological polar surface area (TPSA) is 21.3 Å². The molecule has 0 bridgehead atoms. The van der Waals surface area contributed by atoms with Gasteiger partial charge in [0, 0.05) is 12.1 Å². The van der Waals surface area contributed by atoms with Gasteiger partial charge in [0.05, 0.1) is 6.61 Å². The molecule has 0 spiro atoms. The molecule has 2 heteroatoms. The SMILES string of the molecule is CCOc1ccccc1CNCCCCC(C)C. The Kier molecular flexibility index (Phi) is 7.51. The fraction of sp³-hybridized carbons (Fsp3) is 0.625. The first-order chi connectivity index (χ1) is 8.74. The van der Waals surface area contributed by atoms with Gasteiger partial charge in [0.2, 0.25) is 0 Å². The quantitative estimate of drug-likeness (QED) is 0.668. The number of ether oxygens (including phenoxy) is 1. The highest BCUT2D eigenvalue weighted by Gasteiger charge is 2.01. The second-order valence-electron chi connectivity index (χ2n) is 5.11. The van der Waals surface area contributed by atoms with Crippen LogP contribution in [0.4, 0.5) is 0 Å². The van der Waals surface area contributed by atoms with E-state index in [1.807, 2.05) is 19.1 Å². The average molecular weight is 249 g/mol. The first-order valence-electron chi connectivity index (χ1n) is 7.15. The number of para-hydroxylation sites is 1. The van der Waals surface area contributed by atoms with Crippen LogP contribution in [0, 0.1) is 5.92 Å². The summed E-state index contributed by atoms with van der Waals surface area (Å²) in [5.41, 5.74) is 1.25. The van der Waals surface area contributed by atoms with Crippen molar-refractivity contribution in [2.45, 2.75) is 46.6 Å². The number of benzene rings is 1. The second-order valence-corrected chi connectivity index (χ2v) is 5.11. The van der Waals surface area contributed by atoms with Gasteiger partial charge in [0.15, 0.2) is 0 Å². The van der Waals surface area contributed by atoms with Crippen LogP contribution < -0.4 is 10.1 Å². The highest BCUT2D eigenvalue weighted by atomic mass is 16.5. The molecule has 1 N–H and O–H groups in total. The fourth-order valence-electron chi connectivity index (χ4n) is 1.97. The van der Waals surface area contributed by atoms with Crippen LogP contribution in [-0.4, -0.2) is 13.2 Å². The fourth-order valence-corrected chi connectivity index (χ4v) is 1.97. The molecule has 0 heterocycles. The molecule has 0 saturated carbocycles. The highest BCUT2D eigenvalue weighted by molar-refractivity contribution is 5.33. The summed E-state index contributed by atoms with van der Waals surface area (Å²) in [6, 6.07) is 8.26. The van der Waals surface area contributed by atoms with Crippen LogP contribution in [0.2, 0.25) is 0 Å². The van der Waals surface area contributed by atoms with Crippen LogP contribution >= 0.6 is 0 Å². The molecule has 0 aliphatic carbocycles. The molecule has 0 amide bonds. The summed E-state index contributed by atoms with van der Waals surface area (Å²) in [7, 11) is 0. The van der Waals surface area contributed by atoms with Crippen molar-refractivity contribution in [1.82, 2.24) is 5.32 Å². The molecular weight excluding hydrogens is 222 g/mol. The summed E-state index contributed by atoms with van der Waals surface area (Å²) in [6.45, 7) is 9.31. The van der Waals surface area contributed by atoms with Gasteiger partial charge in [0.1, 0.15) is 5.75 Å². The van der Waals surface area contributed by atoms with Crippen molar-refractivity contribution in [2.24, 2.45) is 5.92 Å². The summed E-state index contributed by atoms with van der Waals surface area (Å²) < 4.78 is 5.61. The summed E-state index contributed by atoms with van der Waals surface area (Å²) >= 11 is 0. The van der Waals surface area contributed by atoms with E-state index in [1.165, 1.54) is 24.8 Å². The Morgan fingerprint density at radius 3 is 2.67 bits per heavy atom. The van der Waals surface area contributed by atoms with E-state index in [0.29, 0.717) is 0 Å². The van der Waals surface area contributed by atoms with Crippen molar-refractivity contribution in [2.75, 3.05) is 13.2 Å². The van der Waals surface area contributed by atoms with Gasteiger partial charge in [-0.25, -0.2) is 0 Å². The monoisotopic (exact) mass is 249 g/mol. The van der Waals surface area contributed by atoms with Crippen molar-refractivity contribution in [1.29, 1.82) is 0 Å². The second kappa shape index (κ2) is 8.98. The molecule has 1 aromatic rings. The Labute approximate surface area is 112 Å². The highest BCUT2D eigenvalue weighted by Crippen LogP contribution is 2.17. The Morgan fingerprint density at radius 2 is 1.94 bits per heavy atom. The van der Waals surface area contributed by atoms with Crippen LogP contribution in [0.25, 0.3) is 0 Å². The lowest BCUT2D eigenvalue weighted by atomic mass is 10.1. The first-order valence-corrected chi connectivity index (χ1v) is 7.15. The molecule has 0 aliphatic heterocycles. The lowest BCUT2D eigenvalue weighted by Crippen LogP contribution is -2.15. The van der Waals surface area contributed by atoms with E-state index >= 15 is 0 Å². The minimum atomic E-state index is 0.728. The van der Waals surface area contributed by atoms with Gasteiger partial charge >= 0.3 is 0 Å². The van der Waals surface area contributed by atoms with Crippen molar-refractivity contribution in [3.8, 4) is 5.75 Å². The third-order valence-electron chi connectivity index (χ3n) is 2.97. The van der Waals surface area contributed by atoms with E-state index in [2.05, 4.69) is 31.3 Å². The van der Waals surface area contributed by atoms with Crippen molar-refractivity contribution < 1.29 is 4.74 Å². The lowest BCUT2D eigenvalue weighted by Gasteiger charge is -2.11. The zero-order chi connectivity index (χ0) is 13.2. The normalized spacial score (nSPS) is 10.9. The van der Waals surface area contributed by atoms with Crippen LogP contribution in [0.5, 0.6) is 5.75 Å². The van der Waals surface area contributed by atoms with Crippen molar-refractivity contribution in [3.63, 3.8) is 0 Å². The van der Waals surface area contributed by atoms with E-state index in [-0.39, 0.29) is 0 Å². The molecule has 102 valence electrons. The van der Waals surface area contributed by atoms with Gasteiger partial charge in [-0.3, -0.25) is 0 Å². The summed E-state index contributed by atoms with van der Waals surface area (Å²) in [6.07, 6.45) is 3.91. The van der Waals surface area contributed by atoms with Gasteiger partial charge in [-0.1, -0.05) is 44.9 Å². The Bertz CT molecular complexity index is 323. The maximum atomic E-state index is 5.61. The smallest absolute Gasteiger partial charge is 0.123 e. The summed E-state index contributed by atoms with van der Waals surface area (Å²) in [4.78, 5) is 0. The predicted octanol–water partition coefficient (Wildman–Crippen LogP) is 4.00. The molecule has 0 unspecified atom stereocenters. The molecule has 0 atom stereocenters. The molecule has 2 nitrogen and oxygen atoms in total. The Hall–Kier alpha value is -1.02. The van der Waals surface area contributed by atoms with E-state index in [0.717, 1.165) is 31.4 Å². The van der Waals surface area contributed by atoms with Crippen LogP contribution in [0.15, 0.2) is 24.3 Å². The first kappa shape index (κ1) is 15.0. The number of nitrogens with one attached hydrogen (secondary N) is 1. The molecule has 1 rings (SSSR count). The van der Waals surface area contributed by atoms with Gasteiger partial charge < -0.3 is 10.1 Å². The number of rotatable bonds is 9. The van der Waals surface area contributed by atoms with Crippen molar-refractivity contribution >= 4 is 0 Å². The van der Waals surface area contributed by atoms with E-state index in [1.54, 1.807) is 0 Å². The molecule has 0 fully saturated rings. The zero-order valence-corrected chi connectivity index (χ0v) is 12.0. The maximum absolute atomic E-state index is 5.61. The van der Waals surface area contributed by atoms with Crippen LogP contribution in [-0.2, 0) is 6.54 Å². The minimum Gasteiger partial charge on any atom is -0.494 e. The van der Waals surface area contributed by atoms with Crippen molar-refractivity contribution in [3.05, 3.63) is 29.8 Å². The third-order valence-corrected chi connectivity index (χ3v) is 2.97. The van der Waals surface area contributed by atoms with E-state index in [9.17, 15) is 0 Å². The molecule has 0 aromatic heterocycles. The molecule has 0 radical (unpaired) electrons. The predicted molar refractivity (Wildman–Crippen MR) is 78.0 cm³/mol. The summed E-state index contributed by atoms with van der Waals surface area (Å²) in [5, 5.41) is 3.49. The molecule has 0 saturated heterocycles. The number of hydrogen-bond donors (Lipinski definition) is 1. The zero-order valence-electron chi connectivity index (χ0n) is 12.0. The summed E-state index contributed by atoms with van der Waals surface area (Å²) in [5.74, 6) is 1.83. The third kappa shape index (κ3) is 6.06. The molecule has 1 aromatic carbocycles. The standard InChI is InChI=1S/C16H27NO/c1-4-18-16-11-6-5-10-15(16)13-17-12-8-7-9-14(2)3/h5-6,10-11,14,17H,4,7-9,12-13H2,1-3H3. The van der Waals surface area contributed by atoms with Gasteiger partial charge in [-0.2, -0.15) is 0 Å².